The van der Waals surface area contributed by atoms with Gasteiger partial charge < -0.3 is 14.2 Å². The Kier molecular flexibility index (Phi) is 51.3. The SMILES string of the molecule is CC\C=C/C=C\C=C/C=C\C=C/CCCCCC(=O)OCC(COC(=O)CCCCC\C=C/C=C\C=C\C=C/C=C\C=C/C=C\CC)OC(=O)CC/C=C\C/C=C\C/C=C\C/C=C\C/C=C\C/C=C\CC. The molecule has 6 nitrogen and oxygen atoms in total. The van der Waals surface area contributed by atoms with Crippen LogP contribution in [0, 0.1) is 0 Å². The minimum absolute atomic E-state index is 0.160. The zero-order valence-electron chi connectivity index (χ0n) is 43.9. The van der Waals surface area contributed by atoms with Crippen molar-refractivity contribution in [3.8, 4) is 0 Å². The summed E-state index contributed by atoms with van der Waals surface area (Å²) in [6, 6.07) is 0. The molecule has 0 aromatic heterocycles. The first-order chi connectivity index (χ1) is 35.0. The molecule has 0 aliphatic heterocycles. The summed E-state index contributed by atoms with van der Waals surface area (Å²) in [6.45, 7) is 6.05. The molecule has 0 fully saturated rings. The number of allylic oxidation sites excluding steroid dienone is 36. The van der Waals surface area contributed by atoms with Gasteiger partial charge in [-0.05, 0) is 96.3 Å². The van der Waals surface area contributed by atoms with Gasteiger partial charge >= 0.3 is 17.9 Å². The number of esters is 3. The Labute approximate surface area is 432 Å². The fraction of sp³-hybridized carbons (Fsp3) is 0.400. The number of hydrogen-bond acceptors (Lipinski definition) is 6. The van der Waals surface area contributed by atoms with Crippen LogP contribution < -0.4 is 0 Å². The standard InChI is InChI=1S/C65H90O6/c1-4-7-10-13-16-19-22-25-28-30-32-34-37-40-43-46-49-52-55-58-64(67)70-61-62(60-69-63(66)57-54-51-48-45-42-39-36-27-24-21-18-15-12-9-6-3)71-65(68)59-56-53-50-47-44-41-38-35-33-31-29-26-23-20-17-14-11-8-5-2/h7-13,15-22,24-30,32-37,39-44,50,53,62H,4-6,14,23,31,38,45-49,51-52,54-61H2,1-3H3/b10-7-,11-8-,12-9-,16-13-,18-15-,20-17-,22-19-,24-21-,28-25-,29-26-,32-30+,35-33-,36-27-,37-34-,42-39-,43-40-,44-41-,53-50-. The van der Waals surface area contributed by atoms with Crippen LogP contribution in [0.4, 0.5) is 0 Å². The molecule has 0 amide bonds. The van der Waals surface area contributed by atoms with Crippen LogP contribution in [-0.2, 0) is 28.6 Å². The van der Waals surface area contributed by atoms with Gasteiger partial charge in [-0.15, -0.1) is 0 Å². The molecular formula is C65H90O6. The molecule has 0 aliphatic carbocycles. The number of unbranched alkanes of at least 4 members (excludes halogenated alkanes) is 6. The van der Waals surface area contributed by atoms with Crippen LogP contribution >= 0.6 is 0 Å². The molecule has 6 heteroatoms. The highest BCUT2D eigenvalue weighted by Crippen LogP contribution is 2.10. The van der Waals surface area contributed by atoms with Crippen LogP contribution in [0.1, 0.15) is 149 Å². The van der Waals surface area contributed by atoms with Gasteiger partial charge in [-0.25, -0.2) is 0 Å². The Morgan fingerprint density at radius 1 is 0.296 bits per heavy atom. The molecule has 0 radical (unpaired) electrons. The summed E-state index contributed by atoms with van der Waals surface area (Å²) in [5.41, 5.74) is 0. The van der Waals surface area contributed by atoms with E-state index < -0.39 is 12.1 Å². The second-order valence-corrected chi connectivity index (χ2v) is 16.2. The van der Waals surface area contributed by atoms with E-state index in [1.807, 2.05) is 134 Å². The zero-order chi connectivity index (χ0) is 51.4. The summed E-state index contributed by atoms with van der Waals surface area (Å²) in [4.78, 5) is 38.0. The monoisotopic (exact) mass is 967 g/mol. The van der Waals surface area contributed by atoms with E-state index in [4.69, 9.17) is 14.2 Å². The number of carbonyl (C=O) groups is 3. The third-order valence-electron chi connectivity index (χ3n) is 9.79. The Morgan fingerprint density at radius 3 is 0.958 bits per heavy atom. The smallest absolute Gasteiger partial charge is 0.306 e. The van der Waals surface area contributed by atoms with E-state index in [2.05, 4.69) is 106 Å². The van der Waals surface area contributed by atoms with Crippen LogP contribution in [0.25, 0.3) is 0 Å². The van der Waals surface area contributed by atoms with E-state index in [0.29, 0.717) is 19.3 Å². The summed E-state index contributed by atoms with van der Waals surface area (Å²) >= 11 is 0. The molecule has 1 unspecified atom stereocenters. The van der Waals surface area contributed by atoms with Crippen molar-refractivity contribution in [3.63, 3.8) is 0 Å². The molecule has 0 heterocycles. The van der Waals surface area contributed by atoms with E-state index in [0.717, 1.165) is 89.9 Å². The van der Waals surface area contributed by atoms with Gasteiger partial charge in [0, 0.05) is 19.3 Å². The first-order valence-corrected chi connectivity index (χ1v) is 26.4. The lowest BCUT2D eigenvalue weighted by molar-refractivity contribution is -0.166. The average Bonchev–Trinajstić information content (AvgIpc) is 3.37. The third kappa shape index (κ3) is 54.5. The van der Waals surface area contributed by atoms with Crippen molar-refractivity contribution in [2.75, 3.05) is 13.2 Å². The molecule has 0 saturated heterocycles. The Hall–Kier alpha value is -6.27. The van der Waals surface area contributed by atoms with Gasteiger partial charge in [0.15, 0.2) is 6.10 Å². The molecule has 71 heavy (non-hydrogen) atoms. The summed E-state index contributed by atoms with van der Waals surface area (Å²) < 4.78 is 16.7. The van der Waals surface area contributed by atoms with Crippen LogP contribution in [0.5, 0.6) is 0 Å². The van der Waals surface area contributed by atoms with Crippen LogP contribution in [-0.4, -0.2) is 37.2 Å². The Morgan fingerprint density at radius 2 is 0.606 bits per heavy atom. The first kappa shape index (κ1) is 64.7. The molecule has 0 aliphatic rings. The van der Waals surface area contributed by atoms with Crippen LogP contribution in [0.3, 0.4) is 0 Å². The summed E-state index contributed by atoms with van der Waals surface area (Å²) in [6.07, 6.45) is 89.2. The molecule has 0 saturated carbocycles. The molecule has 0 bridgehead atoms. The van der Waals surface area contributed by atoms with Gasteiger partial charge in [0.1, 0.15) is 13.2 Å². The summed E-state index contributed by atoms with van der Waals surface area (Å²) in [5, 5.41) is 0. The van der Waals surface area contributed by atoms with Crippen molar-refractivity contribution in [2.24, 2.45) is 0 Å². The number of hydrogen-bond donors (Lipinski definition) is 0. The van der Waals surface area contributed by atoms with E-state index in [-0.39, 0.29) is 44.4 Å². The maximum absolute atomic E-state index is 12.8. The largest absolute Gasteiger partial charge is 0.462 e. The van der Waals surface area contributed by atoms with Crippen molar-refractivity contribution in [1.29, 1.82) is 0 Å². The first-order valence-electron chi connectivity index (χ1n) is 26.4. The van der Waals surface area contributed by atoms with Gasteiger partial charge in [0.05, 0.1) is 0 Å². The Balaban J connectivity index is 4.75. The lowest BCUT2D eigenvalue weighted by atomic mass is 10.1. The van der Waals surface area contributed by atoms with Crippen LogP contribution in [0.2, 0.25) is 0 Å². The van der Waals surface area contributed by atoms with Gasteiger partial charge in [0.25, 0.3) is 0 Å². The van der Waals surface area contributed by atoms with Crippen molar-refractivity contribution in [3.05, 3.63) is 219 Å². The fourth-order valence-electron chi connectivity index (χ4n) is 5.94. The van der Waals surface area contributed by atoms with Gasteiger partial charge in [-0.2, -0.15) is 0 Å². The highest BCUT2D eigenvalue weighted by atomic mass is 16.6. The molecule has 0 N–H and O–H groups in total. The number of ether oxygens (including phenoxy) is 3. The van der Waals surface area contributed by atoms with Gasteiger partial charge in [-0.1, -0.05) is 252 Å². The van der Waals surface area contributed by atoms with Crippen molar-refractivity contribution in [1.82, 2.24) is 0 Å². The lowest BCUT2D eigenvalue weighted by Gasteiger charge is -2.18. The molecule has 0 aromatic rings. The second-order valence-electron chi connectivity index (χ2n) is 16.2. The second kappa shape index (κ2) is 56.3. The maximum atomic E-state index is 12.8. The third-order valence-corrected chi connectivity index (χ3v) is 9.79. The van der Waals surface area contributed by atoms with E-state index in [1.54, 1.807) is 0 Å². The normalized spacial score (nSPS) is 13.9. The average molecular weight is 967 g/mol. The molecule has 1 atom stereocenters. The lowest BCUT2D eigenvalue weighted by Crippen LogP contribution is -2.30. The molecule has 0 spiro atoms. The maximum Gasteiger partial charge on any atom is 0.306 e. The predicted molar refractivity (Wildman–Crippen MR) is 306 cm³/mol. The molecule has 386 valence electrons. The molecule has 0 aromatic carbocycles. The summed E-state index contributed by atoms with van der Waals surface area (Å²) in [5.74, 6) is -1.15. The quantitative estimate of drug-likeness (QED) is 0.0199. The van der Waals surface area contributed by atoms with Crippen molar-refractivity contribution < 1.29 is 28.6 Å². The predicted octanol–water partition coefficient (Wildman–Crippen LogP) is 17.9. The Bertz CT molecular complexity index is 1870. The number of carbonyl (C=O) groups excluding carboxylic acids is 3. The summed E-state index contributed by atoms with van der Waals surface area (Å²) in [7, 11) is 0. The van der Waals surface area contributed by atoms with Crippen molar-refractivity contribution >= 4 is 17.9 Å². The minimum Gasteiger partial charge on any atom is -0.462 e. The van der Waals surface area contributed by atoms with Crippen molar-refractivity contribution in [2.45, 2.75) is 155 Å². The fourth-order valence-corrected chi connectivity index (χ4v) is 5.94. The van der Waals surface area contributed by atoms with Crippen LogP contribution in [0.15, 0.2) is 219 Å². The highest BCUT2D eigenvalue weighted by molar-refractivity contribution is 5.71. The van der Waals surface area contributed by atoms with Gasteiger partial charge in [-0.3, -0.25) is 14.4 Å². The number of rotatable bonds is 43. The molecular weight excluding hydrogens is 877 g/mol. The molecule has 0 rings (SSSR count). The van der Waals surface area contributed by atoms with E-state index in [9.17, 15) is 14.4 Å². The zero-order valence-corrected chi connectivity index (χ0v) is 43.9. The van der Waals surface area contributed by atoms with E-state index in [1.165, 1.54) is 0 Å². The highest BCUT2D eigenvalue weighted by Gasteiger charge is 2.19. The van der Waals surface area contributed by atoms with Gasteiger partial charge in [0.2, 0.25) is 0 Å². The van der Waals surface area contributed by atoms with E-state index >= 15 is 0 Å². The minimum atomic E-state index is -0.871. The topological polar surface area (TPSA) is 78.9 Å².